The van der Waals surface area contributed by atoms with Gasteiger partial charge < -0.3 is 15.5 Å². The first-order valence-corrected chi connectivity index (χ1v) is 14.1. The molecule has 1 saturated heterocycles. The van der Waals surface area contributed by atoms with Crippen molar-refractivity contribution in [2.75, 3.05) is 15.5 Å². The van der Waals surface area contributed by atoms with Crippen molar-refractivity contribution in [3.8, 4) is 0 Å². The summed E-state index contributed by atoms with van der Waals surface area (Å²) in [6.45, 7) is 4.23. The van der Waals surface area contributed by atoms with Crippen molar-refractivity contribution < 1.29 is 9.18 Å². The van der Waals surface area contributed by atoms with Crippen LogP contribution in [0, 0.1) is 5.95 Å². The van der Waals surface area contributed by atoms with Gasteiger partial charge in [-0.15, -0.1) is 0 Å². The molecule has 0 bridgehead atoms. The van der Waals surface area contributed by atoms with Crippen LogP contribution in [0.25, 0.3) is 0 Å². The number of H-pyrrole nitrogens is 1. The predicted molar refractivity (Wildman–Crippen MR) is 176 cm³/mol. The first-order valence-electron chi connectivity index (χ1n) is 14.1. The van der Waals surface area contributed by atoms with Crippen LogP contribution in [0.3, 0.4) is 0 Å². The highest BCUT2D eigenvalue weighted by atomic mass is 19.1. The lowest BCUT2D eigenvalue weighted by atomic mass is 9.19. The molecule has 3 aromatic rings. The number of aromatic nitrogens is 5. The Morgan fingerprint density at radius 2 is 1.80 bits per heavy atom. The monoisotopic (exact) mass is 534 g/mol. The minimum Gasteiger partial charge on any atom is -0.346 e. The van der Waals surface area contributed by atoms with E-state index in [4.69, 9.17) is 9.97 Å². The fraction of sp³-hybridized carbons (Fsp3) is 0.435. The number of nitrogens with zero attached hydrogens (tertiary/aromatic N) is 5. The standard InChI is InChI=1S/C23H34B7FN8O/c1-10(2)14-8-16(38-37-14)35-17-12-4-3-5-13(12)34-19(36-17)39-20(24,21(25,26)22(27,28)23(39,29)30)18(40)33-11-6-7-15(31)32-9-11/h6-10H,3-5,24-30H2,1-2H3,(H,33,40)(H2,34,35,36,37,38). The molecule has 0 spiro atoms. The molecule has 0 radical (unpaired) electrons. The van der Waals surface area contributed by atoms with Gasteiger partial charge >= 0.3 is 0 Å². The van der Waals surface area contributed by atoms with Gasteiger partial charge in [-0.2, -0.15) is 14.5 Å². The van der Waals surface area contributed by atoms with Crippen molar-refractivity contribution in [1.29, 1.82) is 0 Å². The number of hydrogen-bond donors (Lipinski definition) is 3. The van der Waals surface area contributed by atoms with E-state index in [2.05, 4.69) is 91.6 Å². The van der Waals surface area contributed by atoms with Gasteiger partial charge in [0.05, 0.1) is 38.7 Å². The van der Waals surface area contributed by atoms with Crippen LogP contribution in [-0.2, 0) is 17.6 Å². The Bertz CT molecular complexity index is 1470. The SMILES string of the molecule is BC1(B)N(c2nc3c(c(Nc4cc(C(C)C)[nH]n4)n2)CCC3)C(B)(C(=O)Nc2ccc(F)nc2)C(B)(B)C1(B)B. The number of carbonyl (C=O) groups is 1. The summed E-state index contributed by atoms with van der Waals surface area (Å²) in [6, 6.07) is 4.77. The minimum absolute atomic E-state index is 0.225. The van der Waals surface area contributed by atoms with Crippen LogP contribution in [0.1, 0.15) is 43.1 Å². The average Bonchev–Trinajstić information content (AvgIpc) is 3.56. The van der Waals surface area contributed by atoms with E-state index in [0.717, 1.165) is 42.0 Å². The van der Waals surface area contributed by atoms with Crippen LogP contribution < -0.4 is 15.5 Å². The van der Waals surface area contributed by atoms with Gasteiger partial charge in [0.1, 0.15) is 45.0 Å². The number of amides is 1. The van der Waals surface area contributed by atoms with Crippen molar-refractivity contribution in [2.45, 2.75) is 60.2 Å². The van der Waals surface area contributed by atoms with E-state index in [1.165, 1.54) is 18.3 Å². The van der Waals surface area contributed by atoms with Crippen molar-refractivity contribution in [1.82, 2.24) is 25.1 Å². The van der Waals surface area contributed by atoms with E-state index >= 15 is 0 Å². The summed E-state index contributed by atoms with van der Waals surface area (Å²) >= 11 is 0. The second kappa shape index (κ2) is 9.48. The van der Waals surface area contributed by atoms with E-state index in [-0.39, 0.29) is 11.1 Å². The Kier molecular flexibility index (Phi) is 6.74. The van der Waals surface area contributed by atoms with Gasteiger partial charge in [0, 0.05) is 17.3 Å². The van der Waals surface area contributed by atoms with Gasteiger partial charge in [-0.05, 0) is 42.7 Å². The van der Waals surface area contributed by atoms with Crippen molar-refractivity contribution in [2.24, 2.45) is 0 Å². The van der Waals surface area contributed by atoms with Crippen molar-refractivity contribution >= 4 is 84.1 Å². The number of rotatable bonds is 6. The first-order chi connectivity index (χ1) is 18.6. The van der Waals surface area contributed by atoms with Crippen LogP contribution in [0.5, 0.6) is 0 Å². The minimum atomic E-state index is -1.07. The zero-order valence-corrected chi connectivity index (χ0v) is 25.0. The summed E-state index contributed by atoms with van der Waals surface area (Å²) in [5.41, 5.74) is 2.49. The molecule has 0 aromatic carbocycles. The third kappa shape index (κ3) is 4.10. The fourth-order valence-corrected chi connectivity index (χ4v) is 6.47. The van der Waals surface area contributed by atoms with E-state index in [1.54, 1.807) is 0 Å². The highest BCUT2D eigenvalue weighted by Crippen LogP contribution is 2.65. The second-order valence-electron chi connectivity index (χ2n) is 13.2. The maximum Gasteiger partial charge on any atom is 0.240 e. The van der Waals surface area contributed by atoms with Gasteiger partial charge in [0.2, 0.25) is 17.8 Å². The number of anilines is 4. The van der Waals surface area contributed by atoms with E-state index in [1.807, 2.05) is 13.9 Å². The van der Waals surface area contributed by atoms with Crippen LogP contribution in [-0.4, -0.2) is 96.8 Å². The largest absolute Gasteiger partial charge is 0.346 e. The molecule has 3 aromatic heterocycles. The maximum absolute atomic E-state index is 14.3. The molecule has 3 N–H and O–H groups in total. The van der Waals surface area contributed by atoms with E-state index in [9.17, 15) is 9.18 Å². The molecule has 0 saturated carbocycles. The molecular weight excluding hydrogens is 499 g/mol. The Morgan fingerprint density at radius 3 is 2.42 bits per heavy atom. The molecule has 1 unspecified atom stereocenters. The molecule has 5 rings (SSSR count). The van der Waals surface area contributed by atoms with E-state index < -0.39 is 21.9 Å². The van der Waals surface area contributed by atoms with Gasteiger partial charge in [-0.25, -0.2) is 9.97 Å². The Morgan fingerprint density at radius 1 is 1.07 bits per heavy atom. The highest BCUT2D eigenvalue weighted by Gasteiger charge is 2.70. The fourth-order valence-electron chi connectivity index (χ4n) is 6.47. The third-order valence-corrected chi connectivity index (χ3v) is 10.3. The summed E-state index contributed by atoms with van der Waals surface area (Å²) in [5.74, 6) is 1.42. The highest BCUT2D eigenvalue weighted by molar-refractivity contribution is 6.68. The molecule has 40 heavy (non-hydrogen) atoms. The molecule has 1 aliphatic heterocycles. The maximum atomic E-state index is 14.3. The van der Waals surface area contributed by atoms with Gasteiger partial charge in [-0.1, -0.05) is 24.3 Å². The quantitative estimate of drug-likeness (QED) is 0.224. The number of carbonyl (C=O) groups excluding carboxylic acids is 1. The summed E-state index contributed by atoms with van der Waals surface area (Å²) in [6.07, 6.45) is 4.07. The van der Waals surface area contributed by atoms with Gasteiger partial charge in [0.15, 0.2) is 5.82 Å². The number of nitrogens with one attached hydrogen (secondary N) is 3. The molecule has 1 atom stereocenters. The Balaban J connectivity index is 1.63. The number of aromatic amines is 1. The van der Waals surface area contributed by atoms with Gasteiger partial charge in [0.25, 0.3) is 0 Å². The predicted octanol–water partition coefficient (Wildman–Crippen LogP) is -3.44. The molecule has 200 valence electrons. The van der Waals surface area contributed by atoms with Gasteiger partial charge in [-0.3, -0.25) is 9.89 Å². The molecule has 17 heteroatoms. The van der Waals surface area contributed by atoms with Crippen LogP contribution in [0.15, 0.2) is 24.4 Å². The molecule has 1 aliphatic carbocycles. The zero-order chi connectivity index (χ0) is 29.3. The molecule has 4 heterocycles. The lowest BCUT2D eigenvalue weighted by Gasteiger charge is -2.47. The third-order valence-electron chi connectivity index (χ3n) is 10.3. The molecule has 1 fully saturated rings. The molecule has 2 aliphatic rings. The smallest absolute Gasteiger partial charge is 0.240 e. The zero-order valence-electron chi connectivity index (χ0n) is 25.0. The number of hydrogen-bond acceptors (Lipinski definition) is 7. The molecule has 9 nitrogen and oxygen atoms in total. The first kappa shape index (κ1) is 28.4. The van der Waals surface area contributed by atoms with Crippen LogP contribution in [0.2, 0.25) is 10.4 Å². The number of fused-ring (bicyclic) bond motifs is 1. The summed E-state index contributed by atoms with van der Waals surface area (Å²) < 4.78 is 13.5. The molecule has 1 amide bonds. The Hall–Kier alpha value is -3.11. The summed E-state index contributed by atoms with van der Waals surface area (Å²) in [5, 5.41) is 12.6. The number of pyridine rings is 1. The topological polar surface area (TPSA) is 112 Å². The normalized spacial score (nSPS) is 22.2. The van der Waals surface area contributed by atoms with Crippen LogP contribution in [0.4, 0.5) is 27.7 Å². The van der Waals surface area contributed by atoms with Crippen molar-refractivity contribution in [3.63, 3.8) is 0 Å². The Labute approximate surface area is 241 Å². The lowest BCUT2D eigenvalue weighted by Crippen LogP contribution is -2.65. The summed E-state index contributed by atoms with van der Waals surface area (Å²) in [4.78, 5) is 30.3. The molecular formula is C23H34B7FN8O. The second-order valence-corrected chi connectivity index (χ2v) is 13.2. The van der Waals surface area contributed by atoms with Crippen molar-refractivity contribution in [3.05, 3.63) is 47.3 Å². The average molecular weight is 533 g/mol. The summed E-state index contributed by atoms with van der Waals surface area (Å²) in [7, 11) is 14.9. The van der Waals surface area contributed by atoms with Crippen LogP contribution >= 0.6 is 0 Å². The van der Waals surface area contributed by atoms with E-state index in [0.29, 0.717) is 23.4 Å². The number of halogens is 1. The lowest BCUT2D eigenvalue weighted by molar-refractivity contribution is -0.118. The number of aryl methyl sites for hydroxylation is 1.